The molecule has 0 spiro atoms. The van der Waals surface area contributed by atoms with Crippen LogP contribution in [0.4, 0.5) is 16.5 Å². The van der Waals surface area contributed by atoms with Crippen LogP contribution in [0.25, 0.3) is 9.53 Å². The van der Waals surface area contributed by atoms with Gasteiger partial charge in [0.05, 0.1) is 10.4 Å². The summed E-state index contributed by atoms with van der Waals surface area (Å²) in [5.41, 5.74) is 1.92. The number of anilines is 1. The van der Waals surface area contributed by atoms with E-state index in [0.717, 1.165) is 40.5 Å². The molecule has 0 atom stereocenters. The third kappa shape index (κ3) is 3.44. The van der Waals surface area contributed by atoms with Crippen molar-refractivity contribution in [1.29, 1.82) is 0 Å². The van der Waals surface area contributed by atoms with Crippen molar-refractivity contribution in [3.8, 4) is 0 Å². The highest BCUT2D eigenvalue weighted by Gasteiger charge is 2.12. The van der Waals surface area contributed by atoms with Gasteiger partial charge in [0.15, 0.2) is 0 Å². The summed E-state index contributed by atoms with van der Waals surface area (Å²) in [5, 5.41) is 17.9. The number of carboxylic acids is 1. The van der Waals surface area contributed by atoms with E-state index >= 15 is 0 Å². The topological polar surface area (TPSA) is 78.2 Å². The van der Waals surface area contributed by atoms with Crippen LogP contribution < -0.4 is 4.90 Å². The molecule has 6 nitrogen and oxygen atoms in total. The number of hydrogen-bond donors (Lipinski definition) is 1. The summed E-state index contributed by atoms with van der Waals surface area (Å²) < 4.78 is 0.822. The third-order valence-electron chi connectivity index (χ3n) is 3.52. The van der Waals surface area contributed by atoms with Crippen LogP contribution in [-0.2, 0) is 0 Å². The number of thiophene rings is 1. The van der Waals surface area contributed by atoms with E-state index in [1.807, 2.05) is 24.3 Å². The maximum atomic E-state index is 10.9. The molecule has 8 heteroatoms. The lowest BCUT2D eigenvalue weighted by Crippen LogP contribution is -2.21. The molecule has 2 aromatic heterocycles. The van der Waals surface area contributed by atoms with Crippen LogP contribution in [0.2, 0.25) is 0 Å². The van der Waals surface area contributed by atoms with E-state index in [4.69, 9.17) is 5.11 Å². The largest absolute Gasteiger partial charge is 0.477 e. The number of nitrogens with zero attached hydrogens (tertiary/aromatic N) is 4. The number of benzene rings is 1. The molecule has 0 saturated carbocycles. The van der Waals surface area contributed by atoms with Gasteiger partial charge in [-0.3, -0.25) is 0 Å². The number of aromatic carboxylic acids is 1. The Labute approximate surface area is 147 Å². The average Bonchev–Trinajstić information content (AvgIpc) is 3.14. The minimum absolute atomic E-state index is 0.291. The lowest BCUT2D eigenvalue weighted by Gasteiger charge is -2.20. The first-order valence-corrected chi connectivity index (χ1v) is 9.14. The molecule has 3 aromatic rings. The van der Waals surface area contributed by atoms with Crippen molar-refractivity contribution in [3.05, 3.63) is 35.2 Å². The fourth-order valence-electron chi connectivity index (χ4n) is 2.29. The van der Waals surface area contributed by atoms with Gasteiger partial charge in [-0.2, -0.15) is 0 Å². The maximum Gasteiger partial charge on any atom is 0.345 e. The molecular formula is C16H16N4O2S2. The first-order valence-electron chi connectivity index (χ1n) is 7.51. The summed E-state index contributed by atoms with van der Waals surface area (Å²) in [6.07, 6.45) is 0. The quantitative estimate of drug-likeness (QED) is 0.604. The first-order chi connectivity index (χ1) is 11.6. The predicted molar refractivity (Wildman–Crippen MR) is 98.6 cm³/mol. The SMILES string of the molecule is CCN(CC)c1ccc(N=Nc2nc3sc(C(=O)O)cc3s2)cc1. The number of thiazole rings is 1. The summed E-state index contributed by atoms with van der Waals surface area (Å²) in [6.45, 7) is 6.18. The highest BCUT2D eigenvalue weighted by Crippen LogP contribution is 2.35. The van der Waals surface area contributed by atoms with Gasteiger partial charge in [-0.1, -0.05) is 11.3 Å². The zero-order valence-corrected chi connectivity index (χ0v) is 14.9. The zero-order valence-electron chi connectivity index (χ0n) is 13.3. The molecule has 0 saturated heterocycles. The summed E-state index contributed by atoms with van der Waals surface area (Å²) in [7, 11) is 0. The summed E-state index contributed by atoms with van der Waals surface area (Å²) in [4.78, 5) is 18.5. The van der Waals surface area contributed by atoms with Crippen LogP contribution in [0.1, 0.15) is 23.5 Å². The molecule has 0 fully saturated rings. The minimum Gasteiger partial charge on any atom is -0.477 e. The molecule has 0 unspecified atom stereocenters. The number of aromatic nitrogens is 1. The molecular weight excluding hydrogens is 344 g/mol. The molecule has 0 amide bonds. The lowest BCUT2D eigenvalue weighted by atomic mass is 10.2. The van der Waals surface area contributed by atoms with Gasteiger partial charge in [0.25, 0.3) is 0 Å². The Bertz CT molecular complexity index is 848. The molecule has 0 aliphatic heterocycles. The average molecular weight is 360 g/mol. The third-order valence-corrected chi connectivity index (χ3v) is 5.55. The fraction of sp³-hybridized carbons (Fsp3) is 0.250. The molecule has 1 aromatic carbocycles. The second kappa shape index (κ2) is 7.06. The van der Waals surface area contributed by atoms with E-state index in [1.165, 1.54) is 11.3 Å². The molecule has 0 bridgehead atoms. The van der Waals surface area contributed by atoms with E-state index in [9.17, 15) is 4.79 Å². The van der Waals surface area contributed by atoms with E-state index in [-0.39, 0.29) is 0 Å². The fourth-order valence-corrected chi connectivity index (χ4v) is 4.16. The van der Waals surface area contributed by atoms with Crippen molar-refractivity contribution >= 4 is 54.7 Å². The van der Waals surface area contributed by atoms with Crippen molar-refractivity contribution < 1.29 is 9.90 Å². The summed E-state index contributed by atoms with van der Waals surface area (Å²) >= 11 is 2.49. The van der Waals surface area contributed by atoms with Crippen molar-refractivity contribution in [2.24, 2.45) is 10.2 Å². The molecule has 0 aliphatic rings. The number of carbonyl (C=O) groups is 1. The predicted octanol–water partition coefficient (Wildman–Crippen LogP) is 5.32. The monoisotopic (exact) mass is 360 g/mol. The number of hydrogen-bond acceptors (Lipinski definition) is 7. The molecule has 124 valence electrons. The number of rotatable bonds is 6. The Morgan fingerprint density at radius 2 is 1.88 bits per heavy atom. The van der Waals surface area contributed by atoms with Crippen molar-refractivity contribution in [1.82, 2.24) is 4.98 Å². The van der Waals surface area contributed by atoms with Crippen molar-refractivity contribution in [2.75, 3.05) is 18.0 Å². The summed E-state index contributed by atoms with van der Waals surface area (Å²) in [6, 6.07) is 9.53. The van der Waals surface area contributed by atoms with Gasteiger partial charge < -0.3 is 10.0 Å². The van der Waals surface area contributed by atoms with Gasteiger partial charge in [-0.15, -0.1) is 21.6 Å². The molecule has 3 rings (SSSR count). The second-order valence-electron chi connectivity index (χ2n) is 4.97. The molecule has 0 radical (unpaired) electrons. The Balaban J connectivity index is 1.75. The summed E-state index contributed by atoms with van der Waals surface area (Å²) in [5.74, 6) is -0.929. The number of fused-ring (bicyclic) bond motifs is 1. The number of azo groups is 1. The lowest BCUT2D eigenvalue weighted by molar-refractivity contribution is 0.0702. The van der Waals surface area contributed by atoms with E-state index < -0.39 is 5.97 Å². The van der Waals surface area contributed by atoms with Crippen LogP contribution in [-0.4, -0.2) is 29.1 Å². The Kier molecular flexibility index (Phi) is 4.86. The molecule has 2 heterocycles. The minimum atomic E-state index is -0.929. The molecule has 24 heavy (non-hydrogen) atoms. The van der Waals surface area contributed by atoms with Crippen molar-refractivity contribution in [3.63, 3.8) is 0 Å². The van der Waals surface area contributed by atoms with Crippen LogP contribution in [0.15, 0.2) is 40.6 Å². The van der Waals surface area contributed by atoms with E-state index in [0.29, 0.717) is 14.8 Å². The Morgan fingerprint density at radius 3 is 2.46 bits per heavy atom. The molecule has 0 aliphatic carbocycles. The zero-order chi connectivity index (χ0) is 17.1. The first kappa shape index (κ1) is 16.5. The highest BCUT2D eigenvalue weighted by atomic mass is 32.1. The molecule has 1 N–H and O–H groups in total. The van der Waals surface area contributed by atoms with E-state index in [1.54, 1.807) is 6.07 Å². The van der Waals surface area contributed by atoms with Crippen LogP contribution in [0.5, 0.6) is 0 Å². The second-order valence-corrected chi connectivity index (χ2v) is 7.01. The maximum absolute atomic E-state index is 10.9. The van der Waals surface area contributed by atoms with Crippen LogP contribution >= 0.6 is 22.7 Å². The van der Waals surface area contributed by atoms with Gasteiger partial charge in [0.1, 0.15) is 9.71 Å². The van der Waals surface area contributed by atoms with Crippen LogP contribution in [0.3, 0.4) is 0 Å². The van der Waals surface area contributed by atoms with E-state index in [2.05, 4.69) is 34.0 Å². The van der Waals surface area contributed by atoms with Gasteiger partial charge in [0, 0.05) is 18.8 Å². The number of carboxylic acid groups (broad SMARTS) is 1. The standard InChI is InChI=1S/C16H16N4O2S2/c1-3-20(4-2)11-7-5-10(6-8-11)18-19-16-17-14-12(24-16)9-13(23-14)15(21)22/h5-9H,3-4H2,1-2H3,(H,21,22). The van der Waals surface area contributed by atoms with Gasteiger partial charge in [-0.05, 0) is 44.2 Å². The highest BCUT2D eigenvalue weighted by molar-refractivity contribution is 7.29. The normalized spacial score (nSPS) is 11.4. The van der Waals surface area contributed by atoms with Crippen molar-refractivity contribution in [2.45, 2.75) is 13.8 Å². The van der Waals surface area contributed by atoms with Gasteiger partial charge >= 0.3 is 5.97 Å². The Hall–Kier alpha value is -2.32. The Morgan fingerprint density at radius 1 is 1.17 bits per heavy atom. The van der Waals surface area contributed by atoms with Crippen LogP contribution in [0, 0.1) is 0 Å². The van der Waals surface area contributed by atoms with Gasteiger partial charge in [-0.25, -0.2) is 9.78 Å². The van der Waals surface area contributed by atoms with Gasteiger partial charge in [0.2, 0.25) is 5.13 Å². The smallest absolute Gasteiger partial charge is 0.345 e.